The van der Waals surface area contributed by atoms with E-state index in [1.165, 1.54) is 6.26 Å². The summed E-state index contributed by atoms with van der Waals surface area (Å²) in [6, 6.07) is 4.76. The fourth-order valence-electron chi connectivity index (χ4n) is 2.25. The zero-order valence-electron chi connectivity index (χ0n) is 12.7. The molecule has 1 aromatic heterocycles. The van der Waals surface area contributed by atoms with E-state index in [4.69, 9.17) is 10.2 Å². The van der Waals surface area contributed by atoms with Gasteiger partial charge in [0, 0.05) is 12.7 Å². The molecule has 2 N–H and O–H groups in total. The van der Waals surface area contributed by atoms with E-state index in [1.54, 1.807) is 18.2 Å². The van der Waals surface area contributed by atoms with Gasteiger partial charge in [0.1, 0.15) is 5.52 Å². The summed E-state index contributed by atoms with van der Waals surface area (Å²) >= 11 is 0. The quantitative estimate of drug-likeness (QED) is 0.886. The number of aromatic nitrogens is 1. The van der Waals surface area contributed by atoms with Gasteiger partial charge in [-0.3, -0.25) is 0 Å². The average molecular weight is 310 g/mol. The molecule has 5 nitrogen and oxygen atoms in total. The van der Waals surface area contributed by atoms with E-state index in [-0.39, 0.29) is 10.3 Å². The Hall–Kier alpha value is -1.40. The van der Waals surface area contributed by atoms with E-state index in [0.29, 0.717) is 23.5 Å². The number of fused-ring (bicyclic) bond motifs is 1. The molecule has 116 valence electrons. The van der Waals surface area contributed by atoms with Crippen molar-refractivity contribution in [3.05, 3.63) is 24.1 Å². The Morgan fingerprint density at radius 1 is 1.29 bits per heavy atom. The standard InChI is InChI=1S/C15H22N2O3S/c1-15(2,8-9-16)7-6-14-17-12-10-11(21(3,18)19)4-5-13(12)20-14/h4-5,10H,6-9,16H2,1-3H3. The number of benzene rings is 1. The Morgan fingerprint density at radius 2 is 2.00 bits per heavy atom. The van der Waals surface area contributed by atoms with Crippen LogP contribution >= 0.6 is 0 Å². The first-order valence-electron chi connectivity index (χ1n) is 7.01. The van der Waals surface area contributed by atoms with Crippen molar-refractivity contribution in [2.24, 2.45) is 11.1 Å². The smallest absolute Gasteiger partial charge is 0.195 e. The summed E-state index contributed by atoms with van der Waals surface area (Å²) in [5.74, 6) is 0.640. The van der Waals surface area contributed by atoms with Crippen molar-refractivity contribution in [3.8, 4) is 0 Å². The van der Waals surface area contributed by atoms with E-state index in [2.05, 4.69) is 18.8 Å². The molecule has 1 aromatic carbocycles. The third-order valence-corrected chi connectivity index (χ3v) is 4.78. The third kappa shape index (κ3) is 4.04. The van der Waals surface area contributed by atoms with E-state index >= 15 is 0 Å². The van der Waals surface area contributed by atoms with Gasteiger partial charge in [0.05, 0.1) is 4.90 Å². The SMILES string of the molecule is CC(C)(CCN)CCc1nc2cc(S(C)(=O)=O)ccc2o1. The van der Waals surface area contributed by atoms with Crippen LogP contribution in [0.25, 0.3) is 11.1 Å². The lowest BCUT2D eigenvalue weighted by atomic mass is 9.84. The van der Waals surface area contributed by atoms with Crippen molar-refractivity contribution < 1.29 is 12.8 Å². The molecule has 21 heavy (non-hydrogen) atoms. The monoisotopic (exact) mass is 310 g/mol. The topological polar surface area (TPSA) is 86.2 Å². The van der Waals surface area contributed by atoms with Crippen LogP contribution in [0, 0.1) is 5.41 Å². The second-order valence-electron chi connectivity index (χ2n) is 6.21. The molecule has 0 atom stereocenters. The molecular weight excluding hydrogens is 288 g/mol. The summed E-state index contributed by atoms with van der Waals surface area (Å²) in [7, 11) is -3.22. The third-order valence-electron chi connectivity index (χ3n) is 3.67. The van der Waals surface area contributed by atoms with Gasteiger partial charge in [-0.25, -0.2) is 13.4 Å². The molecule has 1 heterocycles. The Bertz CT molecular complexity index is 732. The maximum atomic E-state index is 11.5. The molecular formula is C15H22N2O3S. The van der Waals surface area contributed by atoms with Crippen LogP contribution < -0.4 is 5.73 Å². The minimum Gasteiger partial charge on any atom is -0.441 e. The Kier molecular flexibility index (Phi) is 4.39. The first kappa shape index (κ1) is 16.0. The van der Waals surface area contributed by atoms with Gasteiger partial charge in [-0.2, -0.15) is 0 Å². The minimum absolute atomic E-state index is 0.146. The van der Waals surface area contributed by atoms with Crippen molar-refractivity contribution in [2.45, 2.75) is 38.0 Å². The van der Waals surface area contributed by atoms with Gasteiger partial charge >= 0.3 is 0 Å². The summed E-state index contributed by atoms with van der Waals surface area (Å²) in [5.41, 5.74) is 6.96. The molecule has 0 saturated heterocycles. The zero-order valence-corrected chi connectivity index (χ0v) is 13.5. The largest absolute Gasteiger partial charge is 0.441 e. The number of rotatable bonds is 6. The first-order chi connectivity index (χ1) is 9.71. The maximum Gasteiger partial charge on any atom is 0.195 e. The fraction of sp³-hybridized carbons (Fsp3) is 0.533. The first-order valence-corrected chi connectivity index (χ1v) is 8.90. The molecule has 0 aliphatic heterocycles. The van der Waals surface area contributed by atoms with Crippen LogP contribution in [0.3, 0.4) is 0 Å². The van der Waals surface area contributed by atoms with E-state index in [9.17, 15) is 8.42 Å². The summed E-state index contributed by atoms with van der Waals surface area (Å²) < 4.78 is 28.8. The number of oxazole rings is 1. The van der Waals surface area contributed by atoms with Gasteiger partial charge in [0.2, 0.25) is 0 Å². The molecule has 0 radical (unpaired) electrons. The maximum absolute atomic E-state index is 11.5. The molecule has 2 aromatic rings. The second-order valence-corrected chi connectivity index (χ2v) is 8.23. The predicted molar refractivity (Wildman–Crippen MR) is 82.9 cm³/mol. The molecule has 6 heteroatoms. The molecule has 0 unspecified atom stereocenters. The highest BCUT2D eigenvalue weighted by molar-refractivity contribution is 7.90. The van der Waals surface area contributed by atoms with Crippen LogP contribution in [-0.4, -0.2) is 26.2 Å². The number of nitrogens with two attached hydrogens (primary N) is 1. The highest BCUT2D eigenvalue weighted by Crippen LogP contribution is 2.27. The highest BCUT2D eigenvalue weighted by Gasteiger charge is 2.18. The van der Waals surface area contributed by atoms with Crippen LogP contribution in [-0.2, 0) is 16.3 Å². The summed E-state index contributed by atoms with van der Waals surface area (Å²) in [6.07, 6.45) is 3.78. The van der Waals surface area contributed by atoms with E-state index in [1.807, 2.05) is 0 Å². The van der Waals surface area contributed by atoms with Gasteiger partial charge in [-0.15, -0.1) is 0 Å². The fourth-order valence-corrected chi connectivity index (χ4v) is 2.89. The van der Waals surface area contributed by atoms with Gasteiger partial charge in [-0.05, 0) is 43.0 Å². The number of hydrogen-bond acceptors (Lipinski definition) is 5. The van der Waals surface area contributed by atoms with Crippen molar-refractivity contribution in [2.75, 3.05) is 12.8 Å². The van der Waals surface area contributed by atoms with E-state index in [0.717, 1.165) is 19.3 Å². The van der Waals surface area contributed by atoms with Gasteiger partial charge in [-0.1, -0.05) is 13.8 Å². The summed E-state index contributed by atoms with van der Waals surface area (Å²) in [5, 5.41) is 0. The molecule has 0 aliphatic carbocycles. The van der Waals surface area contributed by atoms with Crippen molar-refractivity contribution in [3.63, 3.8) is 0 Å². The van der Waals surface area contributed by atoms with E-state index < -0.39 is 9.84 Å². The van der Waals surface area contributed by atoms with Crippen LogP contribution in [0.1, 0.15) is 32.6 Å². The summed E-state index contributed by atoms with van der Waals surface area (Å²) in [6.45, 7) is 5.01. The lowest BCUT2D eigenvalue weighted by Crippen LogP contribution is -2.17. The van der Waals surface area contributed by atoms with Crippen LogP contribution in [0.15, 0.2) is 27.5 Å². The van der Waals surface area contributed by atoms with Crippen LogP contribution in [0.5, 0.6) is 0 Å². The highest BCUT2D eigenvalue weighted by atomic mass is 32.2. The molecule has 0 amide bonds. The van der Waals surface area contributed by atoms with Crippen molar-refractivity contribution in [1.82, 2.24) is 4.98 Å². The molecule has 2 rings (SSSR count). The molecule has 0 aliphatic rings. The van der Waals surface area contributed by atoms with Crippen LogP contribution in [0.2, 0.25) is 0 Å². The second kappa shape index (κ2) is 5.77. The predicted octanol–water partition coefficient (Wildman–Crippen LogP) is 2.54. The molecule has 0 saturated carbocycles. The number of sulfone groups is 1. The number of hydrogen-bond donors (Lipinski definition) is 1. The molecule has 0 bridgehead atoms. The van der Waals surface area contributed by atoms with Crippen molar-refractivity contribution in [1.29, 1.82) is 0 Å². The number of aryl methyl sites for hydroxylation is 1. The van der Waals surface area contributed by atoms with Crippen molar-refractivity contribution >= 4 is 20.9 Å². The van der Waals surface area contributed by atoms with Gasteiger partial charge in [0.25, 0.3) is 0 Å². The average Bonchev–Trinajstić information content (AvgIpc) is 2.77. The lowest BCUT2D eigenvalue weighted by Gasteiger charge is -2.22. The summed E-state index contributed by atoms with van der Waals surface area (Å²) in [4.78, 5) is 4.65. The molecule has 0 spiro atoms. The zero-order chi connectivity index (χ0) is 15.7. The Labute approximate surface area is 125 Å². The normalized spacial score (nSPS) is 13.0. The van der Waals surface area contributed by atoms with Crippen LogP contribution in [0.4, 0.5) is 0 Å². The Morgan fingerprint density at radius 3 is 2.62 bits per heavy atom. The molecule has 0 fully saturated rings. The lowest BCUT2D eigenvalue weighted by molar-refractivity contribution is 0.302. The minimum atomic E-state index is -3.22. The Balaban J connectivity index is 2.20. The number of nitrogens with zero attached hydrogens (tertiary/aromatic N) is 1. The van der Waals surface area contributed by atoms with Gasteiger partial charge < -0.3 is 10.2 Å². The van der Waals surface area contributed by atoms with Gasteiger partial charge in [0.15, 0.2) is 21.3 Å².